The second-order valence-corrected chi connectivity index (χ2v) is 8.80. The summed E-state index contributed by atoms with van der Waals surface area (Å²) in [5.74, 6) is -3.78. The van der Waals surface area contributed by atoms with Gasteiger partial charge in [0, 0.05) is 18.3 Å². The molecule has 15 nitrogen and oxygen atoms in total. The predicted molar refractivity (Wildman–Crippen MR) is 152 cm³/mol. The Bertz CT molecular complexity index is 1210. The van der Waals surface area contributed by atoms with Gasteiger partial charge in [-0.15, -0.1) is 0 Å². The fourth-order valence-electron chi connectivity index (χ4n) is 2.65. The minimum Gasteiger partial charge on any atom is -0.508 e. The fraction of sp³-hybridized carbons (Fsp3) is 0.296. The maximum atomic E-state index is 10.4. The van der Waals surface area contributed by atoms with E-state index in [0.717, 1.165) is 16.8 Å². The molecule has 3 rings (SSSR count). The third kappa shape index (κ3) is 17.7. The molecule has 14 N–H and O–H groups in total. The van der Waals surface area contributed by atoms with E-state index in [4.69, 9.17) is 48.5 Å². The summed E-state index contributed by atoms with van der Waals surface area (Å²) in [4.78, 5) is 47.1. The summed E-state index contributed by atoms with van der Waals surface area (Å²) in [6, 6.07) is 12.4. The molecule has 4 atom stereocenters. The molecule has 15 heteroatoms. The highest BCUT2D eigenvalue weighted by molar-refractivity contribution is 5.74. The van der Waals surface area contributed by atoms with Crippen molar-refractivity contribution in [3.8, 4) is 5.75 Å². The van der Waals surface area contributed by atoms with Crippen molar-refractivity contribution in [3.63, 3.8) is 0 Å². The number of nitrogens with two attached hydrogens (primary N) is 4. The lowest BCUT2D eigenvalue weighted by atomic mass is 10.1. The van der Waals surface area contributed by atoms with Gasteiger partial charge < -0.3 is 53.5 Å². The Morgan fingerprint density at radius 3 is 1.45 bits per heavy atom. The van der Waals surface area contributed by atoms with E-state index in [1.165, 1.54) is 25.4 Å². The van der Waals surface area contributed by atoms with Crippen LogP contribution in [0.1, 0.15) is 23.7 Å². The first kappa shape index (κ1) is 37.2. The summed E-state index contributed by atoms with van der Waals surface area (Å²) >= 11 is 0. The lowest BCUT2D eigenvalue weighted by Crippen LogP contribution is -2.32. The minimum absolute atomic E-state index is 0.160. The van der Waals surface area contributed by atoms with Crippen LogP contribution in [0.15, 0.2) is 67.1 Å². The zero-order valence-corrected chi connectivity index (χ0v) is 22.9. The number of carbonyl (C=O) groups is 4. The van der Waals surface area contributed by atoms with Crippen LogP contribution in [0.5, 0.6) is 5.75 Å². The van der Waals surface area contributed by atoms with Gasteiger partial charge >= 0.3 is 23.9 Å². The second-order valence-electron chi connectivity index (χ2n) is 8.80. The van der Waals surface area contributed by atoms with E-state index in [0.29, 0.717) is 6.42 Å². The van der Waals surface area contributed by atoms with E-state index in [1.54, 1.807) is 18.3 Å². The first-order chi connectivity index (χ1) is 19.6. The number of nitrogens with one attached hydrogen (secondary N) is 1. The summed E-state index contributed by atoms with van der Waals surface area (Å²) in [5, 5.41) is 42.3. The zero-order chi connectivity index (χ0) is 32.2. The number of hydrogen-bond donors (Lipinski definition) is 10. The fourth-order valence-corrected chi connectivity index (χ4v) is 2.65. The number of aromatic amines is 1. The van der Waals surface area contributed by atoms with E-state index in [9.17, 15) is 19.2 Å². The molecule has 42 heavy (non-hydrogen) atoms. The quantitative estimate of drug-likeness (QED) is 0.146. The van der Waals surface area contributed by atoms with Gasteiger partial charge in [0.2, 0.25) is 0 Å². The Morgan fingerprint density at radius 2 is 1.10 bits per heavy atom. The number of hydrogen-bond acceptors (Lipinski definition) is 10. The van der Waals surface area contributed by atoms with Crippen LogP contribution < -0.4 is 22.9 Å². The van der Waals surface area contributed by atoms with Crippen molar-refractivity contribution >= 4 is 23.9 Å². The number of phenols is 1. The van der Waals surface area contributed by atoms with Crippen LogP contribution in [0, 0.1) is 0 Å². The molecule has 3 aromatic rings. The summed E-state index contributed by atoms with van der Waals surface area (Å²) in [7, 11) is 0. The molecule has 0 bridgehead atoms. The third-order valence-corrected chi connectivity index (χ3v) is 5.03. The van der Waals surface area contributed by atoms with Crippen LogP contribution in [0.4, 0.5) is 0 Å². The summed E-state index contributed by atoms with van der Waals surface area (Å²) in [5.41, 5.74) is 23.3. The van der Waals surface area contributed by atoms with Crippen molar-refractivity contribution in [2.24, 2.45) is 22.9 Å². The average molecular weight is 591 g/mol. The topological polar surface area (TPSA) is 302 Å². The maximum absolute atomic E-state index is 10.4. The van der Waals surface area contributed by atoms with Gasteiger partial charge in [-0.1, -0.05) is 42.5 Å². The summed E-state index contributed by atoms with van der Waals surface area (Å²) in [6.45, 7) is 1.42. The molecule has 0 saturated heterocycles. The Morgan fingerprint density at radius 1 is 0.690 bits per heavy atom. The number of rotatable bonds is 10. The van der Waals surface area contributed by atoms with Crippen LogP contribution in [-0.2, 0) is 38.4 Å². The zero-order valence-electron chi connectivity index (χ0n) is 22.9. The number of benzene rings is 2. The van der Waals surface area contributed by atoms with Crippen molar-refractivity contribution in [3.05, 3.63) is 83.9 Å². The van der Waals surface area contributed by atoms with Gasteiger partial charge in [0.15, 0.2) is 0 Å². The molecule has 0 aliphatic rings. The second kappa shape index (κ2) is 20.1. The SMILES string of the molecule is C[C@H](N)C(=O)O.N[C@@H](Cc1ccc(O)cc1)C(=O)O.N[C@@H](Cc1ccccc1)C(=O)O.N[C@@H](Cc1cnc[nH]1)C(=O)O. The van der Waals surface area contributed by atoms with Crippen molar-refractivity contribution in [2.45, 2.75) is 50.4 Å². The monoisotopic (exact) mass is 590 g/mol. The number of aliphatic carboxylic acids is 4. The van der Waals surface area contributed by atoms with E-state index >= 15 is 0 Å². The average Bonchev–Trinajstić information content (AvgIpc) is 3.44. The molecule has 230 valence electrons. The molecule has 0 amide bonds. The van der Waals surface area contributed by atoms with Gasteiger partial charge in [-0.3, -0.25) is 19.2 Å². The largest absolute Gasteiger partial charge is 0.508 e. The lowest BCUT2D eigenvalue weighted by molar-refractivity contribution is -0.139. The van der Waals surface area contributed by atoms with E-state index in [2.05, 4.69) is 9.97 Å². The molecular weight excluding hydrogens is 552 g/mol. The number of phenolic OH excluding ortho intramolecular Hbond substituents is 1. The van der Waals surface area contributed by atoms with Crippen molar-refractivity contribution in [1.29, 1.82) is 0 Å². The number of carboxylic acid groups (broad SMARTS) is 4. The Labute approximate surface area is 241 Å². The molecular formula is C27H38N6O9. The van der Waals surface area contributed by atoms with Gasteiger partial charge in [0.25, 0.3) is 0 Å². The van der Waals surface area contributed by atoms with Crippen LogP contribution in [0.2, 0.25) is 0 Å². The molecule has 2 aromatic carbocycles. The normalized spacial score (nSPS) is 12.7. The first-order valence-corrected chi connectivity index (χ1v) is 12.4. The van der Waals surface area contributed by atoms with Gasteiger partial charge in [-0.25, -0.2) is 4.98 Å². The Hall–Kier alpha value is -4.83. The third-order valence-electron chi connectivity index (χ3n) is 5.03. The minimum atomic E-state index is -1.02. The van der Waals surface area contributed by atoms with Crippen LogP contribution in [-0.4, -0.2) is 83.5 Å². The number of nitrogens with zero attached hydrogens (tertiary/aromatic N) is 1. The van der Waals surface area contributed by atoms with E-state index < -0.39 is 48.0 Å². The first-order valence-electron chi connectivity index (χ1n) is 12.4. The Kier molecular flexibility index (Phi) is 17.8. The molecule has 0 unspecified atom stereocenters. The molecule has 1 aromatic heterocycles. The standard InChI is InChI=1S/C9H11NO3.C9H11NO2.C6H9N3O2.C3H7NO2/c10-8(9(12)13)5-6-1-3-7(11)4-2-6;10-8(9(11)12)6-7-4-2-1-3-5-7;7-5(6(10)11)1-4-2-8-3-9-4;1-2(4)3(5)6/h1-4,8,11H,5,10H2,(H,12,13);1-5,8H,6,10H2,(H,11,12);2-3,5H,1,7H2,(H,8,9)(H,10,11);2H,4H2,1H3,(H,5,6)/t2*8-;5-;2-/m0000/s1. The number of H-pyrrole nitrogens is 1. The highest BCUT2D eigenvalue weighted by atomic mass is 16.4. The summed E-state index contributed by atoms with van der Waals surface area (Å²) in [6.07, 6.45) is 3.99. The van der Waals surface area contributed by atoms with E-state index in [-0.39, 0.29) is 18.6 Å². The lowest BCUT2D eigenvalue weighted by Gasteiger charge is -2.05. The smallest absolute Gasteiger partial charge is 0.320 e. The number of aromatic nitrogens is 2. The molecule has 1 heterocycles. The predicted octanol–water partition coefficient (Wildman–Crippen LogP) is -0.230. The number of carboxylic acids is 4. The van der Waals surface area contributed by atoms with Gasteiger partial charge in [-0.05, 0) is 43.0 Å². The van der Waals surface area contributed by atoms with Crippen molar-refractivity contribution in [1.82, 2.24) is 9.97 Å². The Balaban J connectivity index is 0.000000550. The number of imidazole rings is 1. The van der Waals surface area contributed by atoms with Crippen LogP contribution >= 0.6 is 0 Å². The molecule has 0 aliphatic heterocycles. The molecule has 0 spiro atoms. The van der Waals surface area contributed by atoms with Gasteiger partial charge in [-0.2, -0.15) is 0 Å². The molecule has 0 aliphatic carbocycles. The molecule has 0 saturated carbocycles. The van der Waals surface area contributed by atoms with Gasteiger partial charge in [0.1, 0.15) is 29.9 Å². The van der Waals surface area contributed by atoms with Crippen LogP contribution in [0.25, 0.3) is 0 Å². The highest BCUT2D eigenvalue weighted by Gasteiger charge is 2.13. The van der Waals surface area contributed by atoms with Crippen LogP contribution in [0.3, 0.4) is 0 Å². The van der Waals surface area contributed by atoms with Gasteiger partial charge in [0.05, 0.1) is 6.33 Å². The van der Waals surface area contributed by atoms with Crippen molar-refractivity contribution in [2.75, 3.05) is 0 Å². The maximum Gasteiger partial charge on any atom is 0.320 e. The van der Waals surface area contributed by atoms with Crippen molar-refractivity contribution < 1.29 is 44.7 Å². The molecule has 0 radical (unpaired) electrons. The molecule has 0 fully saturated rings. The number of aromatic hydroxyl groups is 1. The summed E-state index contributed by atoms with van der Waals surface area (Å²) < 4.78 is 0. The highest BCUT2D eigenvalue weighted by Crippen LogP contribution is 2.10. The van der Waals surface area contributed by atoms with E-state index in [1.807, 2.05) is 30.3 Å².